The van der Waals surface area contributed by atoms with Crippen molar-refractivity contribution in [3.63, 3.8) is 0 Å². The number of quaternary nitrogens is 1. The summed E-state index contributed by atoms with van der Waals surface area (Å²) in [5.41, 5.74) is 0.767. The molecule has 1 unspecified atom stereocenters. The molecule has 0 saturated carbocycles. The maximum Gasteiger partial charge on any atom is 0.279 e. The fourth-order valence-electron chi connectivity index (χ4n) is 2.77. The molecular weight excluding hydrogens is 252 g/mol. The molecule has 1 heterocycles. The Morgan fingerprint density at radius 3 is 2.95 bits per heavy atom. The molecular formula is C16H25N2O2+. The van der Waals surface area contributed by atoms with E-state index in [0.29, 0.717) is 19.2 Å². The molecule has 20 heavy (non-hydrogen) atoms. The maximum atomic E-state index is 12.2. The van der Waals surface area contributed by atoms with Gasteiger partial charge in [-0.15, -0.1) is 0 Å². The molecule has 0 aromatic heterocycles. The van der Waals surface area contributed by atoms with Crippen LogP contribution in [0, 0.1) is 0 Å². The van der Waals surface area contributed by atoms with Crippen LogP contribution in [0.25, 0.3) is 0 Å². The van der Waals surface area contributed by atoms with Gasteiger partial charge in [0.25, 0.3) is 5.91 Å². The average molecular weight is 277 g/mol. The van der Waals surface area contributed by atoms with E-state index in [1.54, 1.807) is 0 Å². The van der Waals surface area contributed by atoms with E-state index in [1.165, 1.54) is 24.2 Å². The van der Waals surface area contributed by atoms with Crippen molar-refractivity contribution >= 4 is 11.6 Å². The average Bonchev–Trinajstić information content (AvgIpc) is 2.44. The Morgan fingerprint density at radius 1 is 1.40 bits per heavy atom. The lowest BCUT2D eigenvalue weighted by Crippen LogP contribution is -3.17. The Kier molecular flexibility index (Phi) is 5.41. The summed E-state index contributed by atoms with van der Waals surface area (Å²) in [4.78, 5) is 13.6. The van der Waals surface area contributed by atoms with Crippen molar-refractivity contribution in [1.82, 2.24) is 0 Å². The highest BCUT2D eigenvalue weighted by Gasteiger charge is 2.24. The van der Waals surface area contributed by atoms with E-state index in [1.807, 2.05) is 31.2 Å². The molecule has 4 heteroatoms. The molecule has 2 N–H and O–H groups in total. The lowest BCUT2D eigenvalue weighted by molar-refractivity contribution is -0.920. The van der Waals surface area contributed by atoms with Crippen LogP contribution in [-0.2, 0) is 4.79 Å². The van der Waals surface area contributed by atoms with Crippen LogP contribution < -0.4 is 15.0 Å². The zero-order valence-corrected chi connectivity index (χ0v) is 12.4. The summed E-state index contributed by atoms with van der Waals surface area (Å²) in [6.45, 7) is 6.42. The summed E-state index contributed by atoms with van der Waals surface area (Å²) >= 11 is 0. The Hall–Kier alpha value is -1.55. The fraction of sp³-hybridized carbons (Fsp3) is 0.562. The van der Waals surface area contributed by atoms with E-state index in [-0.39, 0.29) is 5.91 Å². The number of hydrogen-bond acceptors (Lipinski definition) is 2. The second-order valence-corrected chi connectivity index (χ2v) is 5.46. The number of para-hydroxylation sites is 2. The zero-order valence-electron chi connectivity index (χ0n) is 12.4. The molecule has 0 aliphatic carbocycles. The minimum atomic E-state index is 0.0703. The lowest BCUT2D eigenvalue weighted by atomic mass is 10.0. The van der Waals surface area contributed by atoms with Gasteiger partial charge in [0.05, 0.1) is 24.9 Å². The number of carbonyl (C=O) groups is 1. The molecule has 1 aliphatic heterocycles. The van der Waals surface area contributed by atoms with Crippen LogP contribution in [0.1, 0.15) is 33.1 Å². The summed E-state index contributed by atoms with van der Waals surface area (Å²) < 4.78 is 5.53. The molecule has 1 saturated heterocycles. The topological polar surface area (TPSA) is 42.8 Å². The van der Waals surface area contributed by atoms with Crippen LogP contribution in [0.4, 0.5) is 5.69 Å². The molecule has 0 radical (unpaired) electrons. The molecule has 2 rings (SSSR count). The van der Waals surface area contributed by atoms with Crippen molar-refractivity contribution in [2.45, 2.75) is 39.2 Å². The number of rotatable bonds is 5. The number of amides is 1. The molecule has 0 spiro atoms. The van der Waals surface area contributed by atoms with Gasteiger partial charge in [-0.2, -0.15) is 0 Å². The van der Waals surface area contributed by atoms with E-state index in [4.69, 9.17) is 4.74 Å². The first-order valence-electron chi connectivity index (χ1n) is 7.57. The van der Waals surface area contributed by atoms with Crippen LogP contribution >= 0.6 is 0 Å². The normalized spacial score (nSPS) is 22.3. The van der Waals surface area contributed by atoms with Gasteiger partial charge in [0.2, 0.25) is 0 Å². The second kappa shape index (κ2) is 7.29. The van der Waals surface area contributed by atoms with E-state index in [9.17, 15) is 4.79 Å². The van der Waals surface area contributed by atoms with E-state index >= 15 is 0 Å². The van der Waals surface area contributed by atoms with Crippen molar-refractivity contribution in [2.24, 2.45) is 0 Å². The molecule has 1 fully saturated rings. The Labute approximate surface area is 121 Å². The van der Waals surface area contributed by atoms with Crippen molar-refractivity contribution in [3.05, 3.63) is 24.3 Å². The summed E-state index contributed by atoms with van der Waals surface area (Å²) in [5, 5.41) is 2.98. The first-order valence-corrected chi connectivity index (χ1v) is 7.57. The largest absolute Gasteiger partial charge is 0.492 e. The predicted molar refractivity (Wildman–Crippen MR) is 80.3 cm³/mol. The van der Waals surface area contributed by atoms with Gasteiger partial charge in [-0.1, -0.05) is 12.1 Å². The maximum absolute atomic E-state index is 12.2. The monoisotopic (exact) mass is 277 g/mol. The SMILES string of the molecule is CCOc1ccccc1NC(=O)C[NH+]1CCCC[C@H]1C. The quantitative estimate of drug-likeness (QED) is 0.856. The Morgan fingerprint density at radius 2 is 2.20 bits per heavy atom. The summed E-state index contributed by atoms with van der Waals surface area (Å²) in [6, 6.07) is 8.18. The van der Waals surface area contributed by atoms with Crippen molar-refractivity contribution < 1.29 is 14.4 Å². The number of hydrogen-bond donors (Lipinski definition) is 2. The van der Waals surface area contributed by atoms with E-state index < -0.39 is 0 Å². The van der Waals surface area contributed by atoms with E-state index in [2.05, 4.69) is 12.2 Å². The Balaban J connectivity index is 1.94. The lowest BCUT2D eigenvalue weighted by Gasteiger charge is -2.29. The molecule has 2 atom stereocenters. The van der Waals surface area contributed by atoms with Gasteiger partial charge in [0, 0.05) is 0 Å². The molecule has 1 aromatic carbocycles. The number of benzene rings is 1. The number of piperidine rings is 1. The summed E-state index contributed by atoms with van der Waals surface area (Å²) in [6.07, 6.45) is 3.74. The third kappa shape index (κ3) is 3.97. The minimum absolute atomic E-state index is 0.0703. The predicted octanol–water partition coefficient (Wildman–Crippen LogP) is 1.48. The number of nitrogens with one attached hydrogen (secondary N) is 2. The summed E-state index contributed by atoms with van der Waals surface area (Å²) in [5.74, 6) is 0.811. The molecule has 0 bridgehead atoms. The number of ether oxygens (including phenoxy) is 1. The van der Waals surface area contributed by atoms with Crippen LogP contribution in [0.3, 0.4) is 0 Å². The Bertz CT molecular complexity index is 448. The van der Waals surface area contributed by atoms with Crippen molar-refractivity contribution in [2.75, 3.05) is 25.0 Å². The smallest absolute Gasteiger partial charge is 0.279 e. The van der Waals surface area contributed by atoms with Gasteiger partial charge >= 0.3 is 0 Å². The number of likely N-dealkylation sites (tertiary alicyclic amines) is 1. The first kappa shape index (κ1) is 14.9. The third-order valence-electron chi connectivity index (χ3n) is 3.93. The molecule has 1 aliphatic rings. The molecule has 1 aromatic rings. The molecule has 4 nitrogen and oxygen atoms in total. The van der Waals surface area contributed by atoms with Gasteiger partial charge < -0.3 is 15.0 Å². The van der Waals surface area contributed by atoms with Gasteiger partial charge in [0.15, 0.2) is 6.54 Å². The zero-order chi connectivity index (χ0) is 14.4. The van der Waals surface area contributed by atoms with E-state index in [0.717, 1.165) is 18.0 Å². The minimum Gasteiger partial charge on any atom is -0.492 e. The highest BCUT2D eigenvalue weighted by Crippen LogP contribution is 2.23. The standard InChI is InChI=1S/C16H24N2O2/c1-3-20-15-10-5-4-9-14(15)17-16(19)12-18-11-7-6-8-13(18)2/h4-5,9-10,13H,3,6-8,11-12H2,1-2H3,(H,17,19)/p+1/t13-/m1/s1. The molecule has 1 amide bonds. The van der Waals surface area contributed by atoms with Crippen LogP contribution in [0.5, 0.6) is 5.75 Å². The third-order valence-corrected chi connectivity index (χ3v) is 3.93. The van der Waals surface area contributed by atoms with Gasteiger partial charge in [0.1, 0.15) is 5.75 Å². The van der Waals surface area contributed by atoms with Gasteiger partial charge in [-0.05, 0) is 45.2 Å². The summed E-state index contributed by atoms with van der Waals surface area (Å²) in [7, 11) is 0. The van der Waals surface area contributed by atoms with Crippen LogP contribution in [0.15, 0.2) is 24.3 Å². The van der Waals surface area contributed by atoms with Crippen LogP contribution in [-0.4, -0.2) is 31.6 Å². The highest BCUT2D eigenvalue weighted by molar-refractivity contribution is 5.92. The fourth-order valence-corrected chi connectivity index (χ4v) is 2.77. The molecule has 110 valence electrons. The van der Waals surface area contributed by atoms with Crippen LogP contribution in [0.2, 0.25) is 0 Å². The number of carbonyl (C=O) groups excluding carboxylic acids is 1. The second-order valence-electron chi connectivity index (χ2n) is 5.46. The van der Waals surface area contributed by atoms with Gasteiger partial charge in [-0.3, -0.25) is 4.79 Å². The van der Waals surface area contributed by atoms with Crippen molar-refractivity contribution in [3.8, 4) is 5.75 Å². The number of anilines is 1. The first-order chi connectivity index (χ1) is 9.70. The van der Waals surface area contributed by atoms with Crippen molar-refractivity contribution in [1.29, 1.82) is 0 Å². The highest BCUT2D eigenvalue weighted by atomic mass is 16.5. The van der Waals surface area contributed by atoms with Gasteiger partial charge in [-0.25, -0.2) is 0 Å².